The Kier molecular flexibility index (Phi) is 4.28. The molecule has 0 unspecified atom stereocenters. The molecule has 1 N–H and O–H groups in total. The van der Waals surface area contributed by atoms with Gasteiger partial charge in [0.25, 0.3) is 0 Å². The van der Waals surface area contributed by atoms with E-state index in [4.69, 9.17) is 4.74 Å². The van der Waals surface area contributed by atoms with Crippen molar-refractivity contribution in [1.29, 1.82) is 0 Å². The van der Waals surface area contributed by atoms with Crippen molar-refractivity contribution in [2.45, 2.75) is 12.5 Å². The van der Waals surface area contributed by atoms with E-state index in [2.05, 4.69) is 0 Å². The Balaban J connectivity index is 2.05. The molecule has 0 bridgehead atoms. The highest BCUT2D eigenvalue weighted by atomic mass is 19.1. The summed E-state index contributed by atoms with van der Waals surface area (Å²) in [7, 11) is 0. The Morgan fingerprint density at radius 3 is 2.50 bits per heavy atom. The number of ether oxygens (including phenoxy) is 1. The highest BCUT2D eigenvalue weighted by Gasteiger charge is 2.27. The molecule has 1 aliphatic heterocycles. The predicted octanol–water partition coefficient (Wildman–Crippen LogP) is 1.15. The topological polar surface area (TPSA) is 49.8 Å². The number of carboxylic acid groups (broad SMARTS) is 1. The lowest BCUT2D eigenvalue weighted by Gasteiger charge is -2.31. The van der Waals surface area contributed by atoms with Crippen molar-refractivity contribution in [1.82, 2.24) is 4.90 Å². The van der Waals surface area contributed by atoms with Crippen molar-refractivity contribution >= 4 is 5.97 Å². The van der Waals surface area contributed by atoms with Crippen molar-refractivity contribution in [3.63, 3.8) is 0 Å². The first-order valence-corrected chi connectivity index (χ1v) is 5.96. The first kappa shape index (κ1) is 13.0. The van der Waals surface area contributed by atoms with Crippen LogP contribution in [0.5, 0.6) is 0 Å². The molecule has 1 atom stereocenters. The summed E-state index contributed by atoms with van der Waals surface area (Å²) in [5, 5.41) is 9.28. The van der Waals surface area contributed by atoms with Gasteiger partial charge in [0.1, 0.15) is 11.9 Å². The number of rotatable bonds is 4. The van der Waals surface area contributed by atoms with E-state index in [1.165, 1.54) is 12.1 Å². The third-order valence-electron chi connectivity index (χ3n) is 3.11. The number of halogens is 1. The van der Waals surface area contributed by atoms with Crippen LogP contribution in [0.15, 0.2) is 24.3 Å². The van der Waals surface area contributed by atoms with Gasteiger partial charge in [-0.05, 0) is 24.1 Å². The van der Waals surface area contributed by atoms with Gasteiger partial charge in [-0.1, -0.05) is 12.1 Å². The molecule has 1 aliphatic rings. The molecule has 0 amide bonds. The summed E-state index contributed by atoms with van der Waals surface area (Å²) in [6.07, 6.45) is 0.385. The maximum Gasteiger partial charge on any atom is 0.321 e. The fraction of sp³-hybridized carbons (Fsp3) is 0.462. The zero-order valence-electron chi connectivity index (χ0n) is 10.0. The van der Waals surface area contributed by atoms with Gasteiger partial charge >= 0.3 is 5.97 Å². The molecule has 98 valence electrons. The molecule has 1 aromatic rings. The highest BCUT2D eigenvalue weighted by Crippen LogP contribution is 2.12. The molecule has 1 aromatic carbocycles. The fourth-order valence-corrected chi connectivity index (χ4v) is 2.11. The largest absolute Gasteiger partial charge is 0.480 e. The average molecular weight is 253 g/mol. The van der Waals surface area contributed by atoms with E-state index in [9.17, 15) is 14.3 Å². The zero-order valence-corrected chi connectivity index (χ0v) is 10.0. The van der Waals surface area contributed by atoms with Gasteiger partial charge < -0.3 is 9.84 Å². The maximum absolute atomic E-state index is 12.8. The SMILES string of the molecule is O=C(O)[C@@H](Cc1ccc(F)cc1)N1CCOCC1. The van der Waals surface area contributed by atoms with Crippen LogP contribution in [0.2, 0.25) is 0 Å². The number of benzene rings is 1. The van der Waals surface area contributed by atoms with Gasteiger partial charge in [0.05, 0.1) is 13.2 Å². The number of carbonyl (C=O) groups is 1. The van der Waals surface area contributed by atoms with Crippen LogP contribution in [0.1, 0.15) is 5.56 Å². The average Bonchev–Trinajstić information content (AvgIpc) is 2.38. The molecular weight excluding hydrogens is 237 g/mol. The van der Waals surface area contributed by atoms with E-state index in [1.807, 2.05) is 4.90 Å². The van der Waals surface area contributed by atoms with Gasteiger partial charge in [-0.25, -0.2) is 4.39 Å². The highest BCUT2D eigenvalue weighted by molar-refractivity contribution is 5.74. The van der Waals surface area contributed by atoms with Gasteiger partial charge in [-0.2, -0.15) is 0 Å². The third kappa shape index (κ3) is 3.27. The van der Waals surface area contributed by atoms with Gasteiger partial charge in [0.2, 0.25) is 0 Å². The Morgan fingerprint density at radius 1 is 1.33 bits per heavy atom. The van der Waals surface area contributed by atoms with Gasteiger partial charge in [-0.15, -0.1) is 0 Å². The van der Waals surface area contributed by atoms with Crippen molar-refractivity contribution in [3.05, 3.63) is 35.6 Å². The summed E-state index contributed by atoms with van der Waals surface area (Å²) < 4.78 is 18.0. The number of hydrogen-bond donors (Lipinski definition) is 1. The zero-order chi connectivity index (χ0) is 13.0. The molecule has 5 heteroatoms. The van der Waals surface area contributed by atoms with E-state index < -0.39 is 12.0 Å². The molecule has 4 nitrogen and oxygen atoms in total. The van der Waals surface area contributed by atoms with Crippen LogP contribution in [-0.4, -0.2) is 48.3 Å². The van der Waals surface area contributed by atoms with Crippen LogP contribution in [-0.2, 0) is 16.0 Å². The molecule has 0 saturated carbocycles. The molecule has 0 aromatic heterocycles. The molecule has 0 aliphatic carbocycles. The third-order valence-corrected chi connectivity index (χ3v) is 3.11. The smallest absolute Gasteiger partial charge is 0.321 e. The molecule has 1 saturated heterocycles. The monoisotopic (exact) mass is 253 g/mol. The molecule has 1 heterocycles. The van der Waals surface area contributed by atoms with E-state index in [1.54, 1.807) is 12.1 Å². The summed E-state index contributed by atoms with van der Waals surface area (Å²) in [4.78, 5) is 13.2. The first-order valence-electron chi connectivity index (χ1n) is 5.96. The molecule has 0 radical (unpaired) electrons. The Labute approximate surface area is 105 Å². The molecule has 0 spiro atoms. The van der Waals surface area contributed by atoms with Crippen LogP contribution in [0.25, 0.3) is 0 Å². The van der Waals surface area contributed by atoms with E-state index in [0.717, 1.165) is 5.56 Å². The molecule has 18 heavy (non-hydrogen) atoms. The second kappa shape index (κ2) is 5.93. The molecule has 2 rings (SSSR count). The van der Waals surface area contributed by atoms with Crippen molar-refractivity contribution in [2.75, 3.05) is 26.3 Å². The number of aliphatic carboxylic acids is 1. The minimum absolute atomic E-state index is 0.308. The Hall–Kier alpha value is -1.46. The second-order valence-electron chi connectivity index (χ2n) is 4.33. The van der Waals surface area contributed by atoms with Gasteiger partial charge in [0, 0.05) is 13.1 Å². The van der Waals surface area contributed by atoms with E-state index in [0.29, 0.717) is 32.7 Å². The number of hydrogen-bond acceptors (Lipinski definition) is 3. The molecule has 1 fully saturated rings. The van der Waals surface area contributed by atoms with E-state index >= 15 is 0 Å². The fourth-order valence-electron chi connectivity index (χ4n) is 2.11. The lowest BCUT2D eigenvalue weighted by Crippen LogP contribution is -2.48. The van der Waals surface area contributed by atoms with Crippen LogP contribution >= 0.6 is 0 Å². The summed E-state index contributed by atoms with van der Waals surface area (Å²) in [6, 6.07) is 5.40. The summed E-state index contributed by atoms with van der Waals surface area (Å²) in [6.45, 7) is 2.37. The number of carboxylic acids is 1. The Morgan fingerprint density at radius 2 is 1.94 bits per heavy atom. The second-order valence-corrected chi connectivity index (χ2v) is 4.33. The van der Waals surface area contributed by atoms with Crippen molar-refractivity contribution in [2.24, 2.45) is 0 Å². The maximum atomic E-state index is 12.8. The molecular formula is C13H16FNO3. The van der Waals surface area contributed by atoms with E-state index in [-0.39, 0.29) is 5.82 Å². The normalized spacial score (nSPS) is 18.5. The van der Waals surface area contributed by atoms with Crippen LogP contribution in [0.3, 0.4) is 0 Å². The first-order chi connectivity index (χ1) is 8.66. The van der Waals surface area contributed by atoms with Gasteiger partial charge in [0.15, 0.2) is 0 Å². The van der Waals surface area contributed by atoms with Crippen LogP contribution < -0.4 is 0 Å². The standard InChI is InChI=1S/C13H16FNO3/c14-11-3-1-10(2-4-11)9-12(13(16)17)15-5-7-18-8-6-15/h1-4,12H,5-9H2,(H,16,17)/t12-/m1/s1. The summed E-state index contributed by atoms with van der Waals surface area (Å²) >= 11 is 0. The number of nitrogens with zero attached hydrogens (tertiary/aromatic N) is 1. The van der Waals surface area contributed by atoms with Crippen LogP contribution in [0, 0.1) is 5.82 Å². The summed E-state index contributed by atoms with van der Waals surface area (Å²) in [5.41, 5.74) is 0.829. The lowest BCUT2D eigenvalue weighted by molar-refractivity contribution is -0.145. The summed E-state index contributed by atoms with van der Waals surface area (Å²) in [5.74, 6) is -1.15. The van der Waals surface area contributed by atoms with Crippen LogP contribution in [0.4, 0.5) is 4.39 Å². The van der Waals surface area contributed by atoms with Gasteiger partial charge in [-0.3, -0.25) is 9.69 Å². The van der Waals surface area contributed by atoms with Crippen molar-refractivity contribution in [3.8, 4) is 0 Å². The predicted molar refractivity (Wildman–Crippen MR) is 63.9 cm³/mol. The minimum atomic E-state index is -0.846. The quantitative estimate of drug-likeness (QED) is 0.874. The lowest BCUT2D eigenvalue weighted by atomic mass is 10.0. The Bertz CT molecular complexity index is 401. The number of morpholine rings is 1. The van der Waals surface area contributed by atoms with Crippen molar-refractivity contribution < 1.29 is 19.0 Å². The minimum Gasteiger partial charge on any atom is -0.480 e.